The van der Waals surface area contributed by atoms with E-state index >= 15 is 0 Å². The molecule has 0 spiro atoms. The lowest BCUT2D eigenvalue weighted by Gasteiger charge is -2.39. The molecule has 0 bridgehead atoms. The van der Waals surface area contributed by atoms with E-state index in [-0.39, 0.29) is 12.3 Å². The second kappa shape index (κ2) is 7.27. The van der Waals surface area contributed by atoms with Crippen LogP contribution in [0.15, 0.2) is 6.07 Å². The molecule has 1 aromatic rings. The molecular formula is C17H27N3O3. The van der Waals surface area contributed by atoms with Gasteiger partial charge in [0.25, 0.3) is 0 Å². The Morgan fingerprint density at radius 2 is 2.26 bits per heavy atom. The Hall–Kier alpha value is -1.66. The Bertz CT molecular complexity index is 576. The third kappa shape index (κ3) is 4.42. The number of carbonyl (C=O) groups excluding carboxylic acids is 1. The van der Waals surface area contributed by atoms with Gasteiger partial charge < -0.3 is 15.2 Å². The molecule has 1 atom stereocenters. The highest BCUT2D eigenvalue weighted by molar-refractivity contribution is 5.76. The summed E-state index contributed by atoms with van der Waals surface area (Å²) in [6.07, 6.45) is 1.66. The monoisotopic (exact) mass is 321 g/mol. The van der Waals surface area contributed by atoms with Gasteiger partial charge in [-0.3, -0.25) is 9.69 Å². The van der Waals surface area contributed by atoms with Crippen LogP contribution < -0.4 is 10.1 Å². The first kappa shape index (κ1) is 17.7. The topological polar surface area (TPSA) is 74.7 Å². The first-order chi connectivity index (χ1) is 10.9. The fourth-order valence-corrected chi connectivity index (χ4v) is 3.29. The molecule has 1 saturated heterocycles. The number of aryl methyl sites for hydroxylation is 2. The van der Waals surface area contributed by atoms with Crippen molar-refractivity contribution in [3.63, 3.8) is 0 Å². The number of nitrogens with one attached hydrogen (secondary N) is 1. The van der Waals surface area contributed by atoms with Gasteiger partial charge in [-0.15, -0.1) is 0 Å². The van der Waals surface area contributed by atoms with Gasteiger partial charge in [0, 0.05) is 31.4 Å². The van der Waals surface area contributed by atoms with Crippen LogP contribution in [-0.4, -0.2) is 53.7 Å². The molecule has 1 fully saturated rings. The zero-order valence-electron chi connectivity index (χ0n) is 14.5. The number of β-amino-alcohol motifs (C(OH)–C–C–N with tert-alkyl or cyclic N) is 1. The van der Waals surface area contributed by atoms with Gasteiger partial charge in [0.2, 0.25) is 11.8 Å². The fourth-order valence-electron chi connectivity index (χ4n) is 3.29. The quantitative estimate of drug-likeness (QED) is 0.851. The molecule has 1 amide bonds. The second-order valence-electron chi connectivity index (χ2n) is 6.46. The number of piperidine rings is 1. The average Bonchev–Trinajstić information content (AvgIpc) is 2.49. The molecule has 2 heterocycles. The van der Waals surface area contributed by atoms with E-state index in [4.69, 9.17) is 4.74 Å². The van der Waals surface area contributed by atoms with E-state index in [0.717, 1.165) is 29.8 Å². The van der Waals surface area contributed by atoms with Gasteiger partial charge in [0.1, 0.15) is 0 Å². The number of amides is 1. The lowest BCUT2D eigenvalue weighted by atomic mass is 9.89. The highest BCUT2D eigenvalue weighted by Gasteiger charge is 2.35. The van der Waals surface area contributed by atoms with Gasteiger partial charge in [-0.2, -0.15) is 0 Å². The highest BCUT2D eigenvalue weighted by atomic mass is 16.5. The molecule has 0 aromatic carbocycles. The summed E-state index contributed by atoms with van der Waals surface area (Å²) in [5.41, 5.74) is 2.15. The molecule has 1 aliphatic heterocycles. The standard InChI is InChI=1S/C17H27N3O3/c1-12-8-13(2)19-16(23-4)14(12)10-20-7-5-6-17(22,11-20)9-15(21)18-3/h8,22H,5-7,9-11H2,1-4H3,(H,18,21). The maximum absolute atomic E-state index is 11.6. The SMILES string of the molecule is CNC(=O)CC1(O)CCCN(Cc2c(C)cc(C)nc2OC)C1. The van der Waals surface area contributed by atoms with Crippen LogP contribution in [0, 0.1) is 13.8 Å². The summed E-state index contributed by atoms with van der Waals surface area (Å²) in [6, 6.07) is 2.04. The van der Waals surface area contributed by atoms with Crippen LogP contribution in [0.5, 0.6) is 5.88 Å². The van der Waals surface area contributed by atoms with E-state index in [1.54, 1.807) is 14.2 Å². The van der Waals surface area contributed by atoms with Crippen molar-refractivity contribution in [2.75, 3.05) is 27.2 Å². The molecule has 0 aliphatic carbocycles. The lowest BCUT2D eigenvalue weighted by molar-refractivity contribution is -0.128. The molecule has 6 heteroatoms. The number of nitrogens with zero attached hydrogens (tertiary/aromatic N) is 2. The largest absolute Gasteiger partial charge is 0.481 e. The van der Waals surface area contributed by atoms with Gasteiger partial charge in [-0.05, 0) is 44.9 Å². The number of pyridine rings is 1. The Kier molecular flexibility index (Phi) is 5.59. The predicted molar refractivity (Wildman–Crippen MR) is 88.4 cm³/mol. The van der Waals surface area contributed by atoms with Crippen LogP contribution in [-0.2, 0) is 11.3 Å². The molecule has 1 unspecified atom stereocenters. The number of methoxy groups -OCH3 is 1. The summed E-state index contributed by atoms with van der Waals surface area (Å²) in [7, 11) is 3.22. The van der Waals surface area contributed by atoms with Gasteiger partial charge in [-0.25, -0.2) is 4.98 Å². The number of aliphatic hydroxyl groups is 1. The minimum atomic E-state index is -0.961. The summed E-state index contributed by atoms with van der Waals surface area (Å²) in [5, 5.41) is 13.3. The first-order valence-electron chi connectivity index (χ1n) is 8.03. The summed E-state index contributed by atoms with van der Waals surface area (Å²) >= 11 is 0. The van der Waals surface area contributed by atoms with E-state index in [2.05, 4.69) is 15.2 Å². The molecule has 2 rings (SSSR count). The zero-order valence-corrected chi connectivity index (χ0v) is 14.5. The number of rotatable bonds is 5. The zero-order chi connectivity index (χ0) is 17.0. The Morgan fingerprint density at radius 1 is 1.52 bits per heavy atom. The molecular weight excluding hydrogens is 294 g/mol. The molecule has 1 aliphatic rings. The second-order valence-corrected chi connectivity index (χ2v) is 6.46. The van der Waals surface area contributed by atoms with Crippen molar-refractivity contribution in [3.05, 3.63) is 22.9 Å². The van der Waals surface area contributed by atoms with Crippen molar-refractivity contribution in [3.8, 4) is 5.88 Å². The summed E-state index contributed by atoms with van der Waals surface area (Å²) in [5.74, 6) is 0.517. The van der Waals surface area contributed by atoms with Crippen LogP contribution in [0.4, 0.5) is 0 Å². The highest BCUT2D eigenvalue weighted by Crippen LogP contribution is 2.28. The lowest BCUT2D eigenvalue weighted by Crippen LogP contribution is -2.50. The predicted octanol–water partition coefficient (Wildman–Crippen LogP) is 1.17. The van der Waals surface area contributed by atoms with Crippen molar-refractivity contribution in [2.45, 2.75) is 45.3 Å². The normalized spacial score (nSPS) is 22.0. The van der Waals surface area contributed by atoms with E-state index in [1.165, 1.54) is 0 Å². The van der Waals surface area contributed by atoms with Crippen molar-refractivity contribution in [2.24, 2.45) is 0 Å². The molecule has 1 aromatic heterocycles. The molecule has 0 radical (unpaired) electrons. The van der Waals surface area contributed by atoms with Gasteiger partial charge in [-0.1, -0.05) is 0 Å². The van der Waals surface area contributed by atoms with E-state index < -0.39 is 5.60 Å². The van der Waals surface area contributed by atoms with Crippen LogP contribution in [0.1, 0.15) is 36.1 Å². The fraction of sp³-hybridized carbons (Fsp3) is 0.647. The van der Waals surface area contributed by atoms with Crippen LogP contribution >= 0.6 is 0 Å². The minimum absolute atomic E-state index is 0.125. The number of carbonyl (C=O) groups is 1. The third-order valence-electron chi connectivity index (χ3n) is 4.42. The van der Waals surface area contributed by atoms with Gasteiger partial charge >= 0.3 is 0 Å². The number of likely N-dealkylation sites (tertiary alicyclic amines) is 1. The maximum atomic E-state index is 11.6. The van der Waals surface area contributed by atoms with E-state index in [0.29, 0.717) is 25.4 Å². The summed E-state index contributed by atoms with van der Waals surface area (Å²) in [6.45, 7) is 6.04. The molecule has 0 saturated carbocycles. The third-order valence-corrected chi connectivity index (χ3v) is 4.42. The van der Waals surface area contributed by atoms with Crippen LogP contribution in [0.3, 0.4) is 0 Å². The van der Waals surface area contributed by atoms with Crippen LogP contribution in [0.25, 0.3) is 0 Å². The number of hydrogen-bond donors (Lipinski definition) is 2. The van der Waals surface area contributed by atoms with E-state index in [1.807, 2.05) is 19.9 Å². The van der Waals surface area contributed by atoms with E-state index in [9.17, 15) is 9.90 Å². The summed E-state index contributed by atoms with van der Waals surface area (Å²) in [4.78, 5) is 18.2. The minimum Gasteiger partial charge on any atom is -0.481 e. The summed E-state index contributed by atoms with van der Waals surface area (Å²) < 4.78 is 5.42. The molecule has 2 N–H and O–H groups in total. The van der Waals surface area contributed by atoms with Crippen LogP contribution in [0.2, 0.25) is 0 Å². The Morgan fingerprint density at radius 3 is 2.91 bits per heavy atom. The average molecular weight is 321 g/mol. The maximum Gasteiger partial charge on any atom is 0.222 e. The molecule has 128 valence electrons. The van der Waals surface area contributed by atoms with Gasteiger partial charge in [0.05, 0.1) is 19.1 Å². The van der Waals surface area contributed by atoms with Crippen molar-refractivity contribution < 1.29 is 14.6 Å². The van der Waals surface area contributed by atoms with Crippen molar-refractivity contribution in [1.29, 1.82) is 0 Å². The Balaban J connectivity index is 2.13. The molecule has 6 nitrogen and oxygen atoms in total. The number of ether oxygens (including phenoxy) is 1. The first-order valence-corrected chi connectivity index (χ1v) is 8.03. The number of aromatic nitrogens is 1. The Labute approximate surface area is 137 Å². The van der Waals surface area contributed by atoms with Crippen molar-refractivity contribution in [1.82, 2.24) is 15.2 Å². The number of hydrogen-bond acceptors (Lipinski definition) is 5. The smallest absolute Gasteiger partial charge is 0.222 e. The molecule has 23 heavy (non-hydrogen) atoms. The van der Waals surface area contributed by atoms with Gasteiger partial charge in [0.15, 0.2) is 0 Å². The van der Waals surface area contributed by atoms with Crippen molar-refractivity contribution >= 4 is 5.91 Å².